The summed E-state index contributed by atoms with van der Waals surface area (Å²) in [6.07, 6.45) is 5.22. The Morgan fingerprint density at radius 1 is 1.10 bits per heavy atom. The molecule has 0 atom stereocenters. The predicted octanol–water partition coefficient (Wildman–Crippen LogP) is 3.28. The van der Waals surface area contributed by atoms with Gasteiger partial charge in [-0.2, -0.15) is 5.10 Å². The number of methoxy groups -OCH3 is 1. The van der Waals surface area contributed by atoms with Crippen LogP contribution in [0.2, 0.25) is 5.02 Å². The number of amides is 1. The van der Waals surface area contributed by atoms with Gasteiger partial charge in [-0.15, -0.1) is 0 Å². The highest BCUT2D eigenvalue weighted by Gasteiger charge is 2.18. The highest BCUT2D eigenvalue weighted by atomic mass is 35.5. The van der Waals surface area contributed by atoms with Gasteiger partial charge in [-0.1, -0.05) is 41.9 Å². The largest absolute Gasteiger partial charge is 0.496 e. The first-order chi connectivity index (χ1) is 14.6. The molecular formula is C23H27ClN4O2. The lowest BCUT2D eigenvalue weighted by molar-refractivity contribution is -0.122. The molecule has 0 bridgehead atoms. The molecule has 0 saturated carbocycles. The topological polar surface area (TPSA) is 57.2 Å². The molecule has 6 nitrogen and oxygen atoms in total. The Labute approximate surface area is 182 Å². The van der Waals surface area contributed by atoms with Crippen molar-refractivity contribution >= 4 is 29.8 Å². The molecular weight excluding hydrogens is 400 g/mol. The molecule has 1 fully saturated rings. The van der Waals surface area contributed by atoms with Crippen molar-refractivity contribution < 1.29 is 9.53 Å². The van der Waals surface area contributed by atoms with Crippen LogP contribution in [0.1, 0.15) is 11.1 Å². The van der Waals surface area contributed by atoms with Gasteiger partial charge in [0.2, 0.25) is 0 Å². The van der Waals surface area contributed by atoms with Gasteiger partial charge in [0.1, 0.15) is 5.75 Å². The van der Waals surface area contributed by atoms with Crippen LogP contribution in [0.5, 0.6) is 5.75 Å². The Bertz CT molecular complexity index is 875. The second-order valence-electron chi connectivity index (χ2n) is 7.09. The number of benzene rings is 2. The number of rotatable bonds is 8. The molecule has 0 spiro atoms. The van der Waals surface area contributed by atoms with Crippen LogP contribution < -0.4 is 10.2 Å². The number of carbonyl (C=O) groups excluding carboxylic acids is 1. The number of nitrogens with zero attached hydrogens (tertiary/aromatic N) is 3. The van der Waals surface area contributed by atoms with Gasteiger partial charge in [0.25, 0.3) is 5.91 Å². The van der Waals surface area contributed by atoms with Crippen LogP contribution in [0, 0.1) is 0 Å². The van der Waals surface area contributed by atoms with Crippen molar-refractivity contribution in [3.05, 3.63) is 70.8 Å². The van der Waals surface area contributed by atoms with Gasteiger partial charge in [-0.05, 0) is 35.9 Å². The zero-order valence-electron chi connectivity index (χ0n) is 17.1. The maximum absolute atomic E-state index is 12.1. The number of halogens is 1. The van der Waals surface area contributed by atoms with Gasteiger partial charge >= 0.3 is 0 Å². The first-order valence-electron chi connectivity index (χ1n) is 9.95. The lowest BCUT2D eigenvalue weighted by Gasteiger charge is -2.34. The molecule has 1 heterocycles. The molecule has 1 saturated heterocycles. The fourth-order valence-electron chi connectivity index (χ4n) is 3.30. The molecule has 2 aromatic carbocycles. The highest BCUT2D eigenvalue weighted by Crippen LogP contribution is 2.18. The Balaban J connectivity index is 1.36. The summed E-state index contributed by atoms with van der Waals surface area (Å²) in [6.45, 7) is 4.83. The fraction of sp³-hybridized carbons (Fsp3) is 0.304. The zero-order chi connectivity index (χ0) is 21.2. The maximum atomic E-state index is 12.1. The molecule has 1 amide bonds. The summed E-state index contributed by atoms with van der Waals surface area (Å²) in [5.41, 5.74) is 4.79. The van der Waals surface area contributed by atoms with E-state index < -0.39 is 0 Å². The van der Waals surface area contributed by atoms with Crippen LogP contribution in [-0.2, 0) is 11.3 Å². The highest BCUT2D eigenvalue weighted by molar-refractivity contribution is 6.30. The molecule has 1 aliphatic rings. The normalized spacial score (nSPS) is 15.7. The number of ether oxygens (including phenoxy) is 1. The molecule has 3 rings (SSSR count). The van der Waals surface area contributed by atoms with Crippen molar-refractivity contribution in [1.29, 1.82) is 0 Å². The number of carbonyl (C=O) groups is 1. The first-order valence-corrected chi connectivity index (χ1v) is 10.3. The molecule has 0 radical (unpaired) electrons. The van der Waals surface area contributed by atoms with E-state index in [-0.39, 0.29) is 5.91 Å². The average molecular weight is 427 g/mol. The Morgan fingerprint density at radius 3 is 2.53 bits per heavy atom. The molecule has 0 unspecified atom stereocenters. The Morgan fingerprint density at radius 2 is 1.80 bits per heavy atom. The van der Waals surface area contributed by atoms with Gasteiger partial charge in [-0.3, -0.25) is 14.6 Å². The minimum Gasteiger partial charge on any atom is -0.496 e. The van der Waals surface area contributed by atoms with Crippen LogP contribution in [0.25, 0.3) is 6.08 Å². The van der Waals surface area contributed by atoms with Crippen molar-refractivity contribution in [2.45, 2.75) is 6.54 Å². The van der Waals surface area contributed by atoms with Crippen LogP contribution >= 0.6 is 11.6 Å². The fourth-order valence-corrected chi connectivity index (χ4v) is 3.42. The van der Waals surface area contributed by atoms with Gasteiger partial charge in [0, 0.05) is 49.5 Å². The average Bonchev–Trinajstić information content (AvgIpc) is 2.77. The number of para-hydroxylation sites is 1. The number of piperazine rings is 1. The van der Waals surface area contributed by atoms with E-state index in [1.54, 1.807) is 19.4 Å². The minimum atomic E-state index is -0.108. The quantitative estimate of drug-likeness (QED) is 0.520. The molecule has 7 heteroatoms. The van der Waals surface area contributed by atoms with E-state index in [0.717, 1.165) is 49.1 Å². The third-order valence-corrected chi connectivity index (χ3v) is 5.17. The molecule has 1 aliphatic heterocycles. The summed E-state index contributed by atoms with van der Waals surface area (Å²) in [7, 11) is 1.64. The Hall–Kier alpha value is -2.67. The first kappa shape index (κ1) is 22.0. The second-order valence-corrected chi connectivity index (χ2v) is 7.53. The second kappa shape index (κ2) is 11.5. The van der Waals surface area contributed by atoms with E-state index in [9.17, 15) is 4.79 Å². The summed E-state index contributed by atoms with van der Waals surface area (Å²) in [5, 5.41) is 4.74. The van der Waals surface area contributed by atoms with Crippen molar-refractivity contribution in [2.75, 3.05) is 39.8 Å². The summed E-state index contributed by atoms with van der Waals surface area (Å²) < 4.78 is 5.29. The lowest BCUT2D eigenvalue weighted by Crippen LogP contribution is -2.48. The van der Waals surface area contributed by atoms with E-state index in [4.69, 9.17) is 16.3 Å². The monoisotopic (exact) mass is 426 g/mol. The zero-order valence-corrected chi connectivity index (χ0v) is 17.9. The molecule has 158 valence electrons. The molecule has 0 aromatic heterocycles. The number of hydrazone groups is 1. The van der Waals surface area contributed by atoms with Crippen LogP contribution in [-0.4, -0.2) is 61.8 Å². The smallest absolute Gasteiger partial charge is 0.254 e. The van der Waals surface area contributed by atoms with Crippen molar-refractivity contribution in [3.63, 3.8) is 0 Å². The summed E-state index contributed by atoms with van der Waals surface area (Å²) in [5.74, 6) is 0.685. The van der Waals surface area contributed by atoms with E-state index in [1.165, 1.54) is 5.56 Å². The number of nitrogens with one attached hydrogen (secondary N) is 1. The van der Waals surface area contributed by atoms with Crippen LogP contribution in [0.3, 0.4) is 0 Å². The Kier molecular flexibility index (Phi) is 8.44. The van der Waals surface area contributed by atoms with Crippen molar-refractivity contribution in [3.8, 4) is 5.75 Å². The van der Waals surface area contributed by atoms with Crippen LogP contribution in [0.15, 0.2) is 59.7 Å². The van der Waals surface area contributed by atoms with E-state index in [2.05, 4.69) is 32.5 Å². The third kappa shape index (κ3) is 6.99. The van der Waals surface area contributed by atoms with Crippen molar-refractivity contribution in [1.82, 2.24) is 15.2 Å². The SMILES string of the molecule is COc1ccccc1/C=C/C=N\NC(=O)CN1CCN(Cc2ccc(Cl)cc2)CC1. The van der Waals surface area contributed by atoms with Gasteiger partial charge in [0.15, 0.2) is 0 Å². The summed E-state index contributed by atoms with van der Waals surface area (Å²) in [6, 6.07) is 15.7. The van der Waals surface area contributed by atoms with Crippen molar-refractivity contribution in [2.24, 2.45) is 5.10 Å². The molecule has 0 aliphatic carbocycles. The summed E-state index contributed by atoms with van der Waals surface area (Å²) >= 11 is 5.94. The summed E-state index contributed by atoms with van der Waals surface area (Å²) in [4.78, 5) is 16.6. The van der Waals surface area contributed by atoms with E-state index in [0.29, 0.717) is 6.54 Å². The predicted molar refractivity (Wildman–Crippen MR) is 122 cm³/mol. The molecule has 1 N–H and O–H groups in total. The minimum absolute atomic E-state index is 0.108. The lowest BCUT2D eigenvalue weighted by atomic mass is 10.2. The van der Waals surface area contributed by atoms with E-state index in [1.807, 2.05) is 42.5 Å². The maximum Gasteiger partial charge on any atom is 0.254 e. The molecule has 30 heavy (non-hydrogen) atoms. The molecule has 2 aromatic rings. The van der Waals surface area contributed by atoms with E-state index >= 15 is 0 Å². The van der Waals surface area contributed by atoms with Crippen LogP contribution in [0.4, 0.5) is 0 Å². The number of allylic oxidation sites excluding steroid dienone is 1. The van der Waals surface area contributed by atoms with Gasteiger partial charge in [0.05, 0.1) is 13.7 Å². The number of hydrogen-bond acceptors (Lipinski definition) is 5. The standard InChI is InChI=1S/C23H27ClN4O2/c1-30-22-7-3-2-5-20(22)6-4-12-25-26-23(29)18-28-15-13-27(14-16-28)17-19-8-10-21(24)11-9-19/h2-12H,13-18H2,1H3,(H,26,29)/b6-4+,25-12-. The van der Waals surface area contributed by atoms with Gasteiger partial charge < -0.3 is 4.74 Å². The third-order valence-electron chi connectivity index (χ3n) is 4.92. The van der Waals surface area contributed by atoms with Gasteiger partial charge in [-0.25, -0.2) is 5.43 Å². The number of hydrogen-bond donors (Lipinski definition) is 1.